The predicted octanol–water partition coefficient (Wildman–Crippen LogP) is 1.15. The van der Waals surface area contributed by atoms with Gasteiger partial charge in [0.05, 0.1) is 12.8 Å². The van der Waals surface area contributed by atoms with E-state index in [0.717, 1.165) is 34.5 Å². The third kappa shape index (κ3) is 2.75. The van der Waals surface area contributed by atoms with Gasteiger partial charge < -0.3 is 26.6 Å². The van der Waals surface area contributed by atoms with Gasteiger partial charge in [-0.25, -0.2) is 9.97 Å². The molecule has 5 nitrogen and oxygen atoms in total. The molecule has 0 fully saturated rings. The highest BCUT2D eigenvalue weighted by molar-refractivity contribution is 6.05. The minimum atomic E-state index is 0. The van der Waals surface area contributed by atoms with Crippen LogP contribution in [0, 0.1) is 0 Å². The summed E-state index contributed by atoms with van der Waals surface area (Å²) >= 11 is 0. The van der Waals surface area contributed by atoms with Crippen molar-refractivity contribution in [1.82, 2.24) is 9.97 Å². The van der Waals surface area contributed by atoms with Gasteiger partial charge in [0.2, 0.25) is 0 Å². The highest BCUT2D eigenvalue weighted by Gasteiger charge is 2.15. The smallest absolute Gasteiger partial charge is 0.196 e. The molecule has 4 aromatic rings. The fourth-order valence-electron chi connectivity index (χ4n) is 2.50. The van der Waals surface area contributed by atoms with Gasteiger partial charge in [0, 0.05) is 11.8 Å². The Morgan fingerprint density at radius 1 is 1.09 bits per heavy atom. The summed E-state index contributed by atoms with van der Waals surface area (Å²) in [5.74, 6) is 2.34. The van der Waals surface area contributed by atoms with Crippen LogP contribution in [0.1, 0.15) is 18.5 Å². The number of hydrogen-bond donors (Lipinski definition) is 1. The normalized spacial score (nSPS) is 10.8. The predicted molar refractivity (Wildman–Crippen MR) is 84.7 cm³/mol. The number of nitrogens with one attached hydrogen (secondary N) is 1. The van der Waals surface area contributed by atoms with E-state index in [9.17, 15) is 0 Å². The molecule has 3 heterocycles. The van der Waals surface area contributed by atoms with Gasteiger partial charge >= 0.3 is 0 Å². The topological polar surface area (TPSA) is 64.1 Å². The van der Waals surface area contributed by atoms with E-state index >= 15 is 0 Å². The number of para-hydroxylation sites is 1. The summed E-state index contributed by atoms with van der Waals surface area (Å²) in [6, 6.07) is 11.7. The van der Waals surface area contributed by atoms with E-state index in [1.807, 2.05) is 43.3 Å². The SMILES string of the molecule is CCc1nc(NCc2ccco2)c2oc3ccccc3c2n1.[Cl-]. The molecule has 0 amide bonds. The molecule has 0 saturated heterocycles. The minimum Gasteiger partial charge on any atom is -1.00 e. The fourth-order valence-corrected chi connectivity index (χ4v) is 2.50. The van der Waals surface area contributed by atoms with Crippen LogP contribution in [-0.2, 0) is 13.0 Å². The molecule has 3 aromatic heterocycles. The van der Waals surface area contributed by atoms with Crippen molar-refractivity contribution in [3.05, 3.63) is 54.2 Å². The molecular weight excluding hydrogens is 314 g/mol. The third-order valence-electron chi connectivity index (χ3n) is 3.59. The Morgan fingerprint density at radius 3 is 2.74 bits per heavy atom. The summed E-state index contributed by atoms with van der Waals surface area (Å²) in [4.78, 5) is 9.18. The van der Waals surface area contributed by atoms with Crippen molar-refractivity contribution < 1.29 is 21.2 Å². The van der Waals surface area contributed by atoms with Gasteiger partial charge in [0.15, 0.2) is 11.4 Å². The molecule has 23 heavy (non-hydrogen) atoms. The van der Waals surface area contributed by atoms with Crippen LogP contribution in [0.15, 0.2) is 51.5 Å². The molecule has 0 aliphatic carbocycles. The van der Waals surface area contributed by atoms with Crippen LogP contribution in [0.2, 0.25) is 0 Å². The molecule has 0 aliphatic rings. The lowest BCUT2D eigenvalue weighted by molar-refractivity contribution is -0.00000551. The Morgan fingerprint density at radius 2 is 1.96 bits per heavy atom. The first-order valence-corrected chi connectivity index (χ1v) is 7.29. The van der Waals surface area contributed by atoms with Crippen LogP contribution in [-0.4, -0.2) is 9.97 Å². The van der Waals surface area contributed by atoms with E-state index in [4.69, 9.17) is 8.83 Å². The summed E-state index contributed by atoms with van der Waals surface area (Å²) in [5, 5.41) is 4.30. The summed E-state index contributed by atoms with van der Waals surface area (Å²) in [6.07, 6.45) is 2.43. The summed E-state index contributed by atoms with van der Waals surface area (Å²) in [6.45, 7) is 2.60. The first-order valence-electron chi connectivity index (χ1n) is 7.29. The number of nitrogens with zero attached hydrogens (tertiary/aromatic N) is 2. The number of benzene rings is 1. The number of hydrogen-bond acceptors (Lipinski definition) is 5. The molecule has 0 atom stereocenters. The maximum atomic E-state index is 5.93. The number of aromatic nitrogens is 2. The second kappa shape index (κ2) is 6.30. The van der Waals surface area contributed by atoms with Crippen molar-refractivity contribution in [3.8, 4) is 0 Å². The standard InChI is InChI=1S/C17H15N3O2.ClH/c1-2-14-19-15-12-7-3-4-8-13(12)22-16(15)17(20-14)18-10-11-6-5-9-21-11;/h3-9H,2,10H2,1H3,(H,18,19,20);1H/p-1. The van der Waals surface area contributed by atoms with Crippen LogP contribution in [0.4, 0.5) is 5.82 Å². The zero-order chi connectivity index (χ0) is 14.9. The van der Waals surface area contributed by atoms with E-state index in [2.05, 4.69) is 15.3 Å². The van der Waals surface area contributed by atoms with Crippen LogP contribution in [0.3, 0.4) is 0 Å². The fraction of sp³-hybridized carbons (Fsp3) is 0.176. The number of aryl methyl sites for hydroxylation is 1. The maximum Gasteiger partial charge on any atom is 0.196 e. The molecule has 118 valence electrons. The molecule has 4 rings (SSSR count). The van der Waals surface area contributed by atoms with Crippen LogP contribution in [0.5, 0.6) is 0 Å². The molecule has 0 unspecified atom stereocenters. The van der Waals surface area contributed by atoms with Crippen LogP contribution >= 0.6 is 0 Å². The number of fused-ring (bicyclic) bond motifs is 3. The van der Waals surface area contributed by atoms with Crippen LogP contribution in [0.25, 0.3) is 22.1 Å². The summed E-state index contributed by atoms with van der Waals surface area (Å²) < 4.78 is 11.3. The molecule has 0 aliphatic heterocycles. The Kier molecular flexibility index (Phi) is 4.21. The maximum absolute atomic E-state index is 5.93. The summed E-state index contributed by atoms with van der Waals surface area (Å²) in [7, 11) is 0. The van der Waals surface area contributed by atoms with E-state index in [1.165, 1.54) is 0 Å². The second-order valence-corrected chi connectivity index (χ2v) is 5.05. The zero-order valence-electron chi connectivity index (χ0n) is 12.5. The van der Waals surface area contributed by atoms with Crippen molar-refractivity contribution in [2.75, 3.05) is 5.32 Å². The quantitative estimate of drug-likeness (QED) is 0.609. The van der Waals surface area contributed by atoms with Gasteiger partial charge in [-0.15, -0.1) is 0 Å². The van der Waals surface area contributed by atoms with Gasteiger partial charge in [0.25, 0.3) is 0 Å². The van der Waals surface area contributed by atoms with E-state index < -0.39 is 0 Å². The van der Waals surface area contributed by atoms with E-state index in [0.29, 0.717) is 17.9 Å². The Bertz CT molecular complexity index is 932. The van der Waals surface area contributed by atoms with Crippen molar-refractivity contribution >= 4 is 27.9 Å². The summed E-state index contributed by atoms with van der Waals surface area (Å²) in [5.41, 5.74) is 2.36. The Hall–Kier alpha value is -2.53. The second-order valence-electron chi connectivity index (χ2n) is 5.05. The molecule has 1 N–H and O–H groups in total. The lowest BCUT2D eigenvalue weighted by Crippen LogP contribution is -3.00. The van der Waals surface area contributed by atoms with Gasteiger partial charge in [0.1, 0.15) is 22.7 Å². The van der Waals surface area contributed by atoms with Crippen molar-refractivity contribution in [1.29, 1.82) is 0 Å². The molecule has 0 bridgehead atoms. The van der Waals surface area contributed by atoms with Gasteiger partial charge in [-0.05, 0) is 24.3 Å². The first kappa shape index (κ1) is 15.4. The third-order valence-corrected chi connectivity index (χ3v) is 3.59. The van der Waals surface area contributed by atoms with Gasteiger partial charge in [-0.3, -0.25) is 0 Å². The molecular formula is C17H15ClN3O2-. The molecule has 0 saturated carbocycles. The number of anilines is 1. The lowest BCUT2D eigenvalue weighted by Gasteiger charge is -2.05. The Labute approximate surface area is 139 Å². The molecule has 1 aromatic carbocycles. The molecule has 0 radical (unpaired) electrons. The highest BCUT2D eigenvalue weighted by Crippen LogP contribution is 2.31. The largest absolute Gasteiger partial charge is 1.00 e. The molecule has 0 spiro atoms. The first-order chi connectivity index (χ1) is 10.8. The zero-order valence-corrected chi connectivity index (χ0v) is 13.3. The number of rotatable bonds is 4. The van der Waals surface area contributed by atoms with E-state index in [1.54, 1.807) is 6.26 Å². The lowest BCUT2D eigenvalue weighted by atomic mass is 10.2. The molecule has 6 heteroatoms. The average Bonchev–Trinajstić information content (AvgIpc) is 3.20. The van der Waals surface area contributed by atoms with Crippen molar-refractivity contribution in [3.63, 3.8) is 0 Å². The Balaban J connectivity index is 0.00000156. The van der Waals surface area contributed by atoms with Gasteiger partial charge in [-0.1, -0.05) is 19.1 Å². The monoisotopic (exact) mass is 328 g/mol. The number of furan rings is 2. The van der Waals surface area contributed by atoms with E-state index in [-0.39, 0.29) is 12.4 Å². The van der Waals surface area contributed by atoms with Crippen LogP contribution < -0.4 is 17.7 Å². The highest BCUT2D eigenvalue weighted by atomic mass is 35.5. The van der Waals surface area contributed by atoms with Gasteiger partial charge in [-0.2, -0.15) is 0 Å². The van der Waals surface area contributed by atoms with Crippen molar-refractivity contribution in [2.24, 2.45) is 0 Å². The minimum absolute atomic E-state index is 0. The number of halogens is 1. The van der Waals surface area contributed by atoms with Crippen molar-refractivity contribution in [2.45, 2.75) is 19.9 Å². The average molecular weight is 329 g/mol.